The lowest BCUT2D eigenvalue weighted by Crippen LogP contribution is -2.47. The molecule has 1 aliphatic rings. The molecule has 0 radical (unpaired) electrons. The van der Waals surface area contributed by atoms with Gasteiger partial charge in [-0.05, 0) is 33.0 Å². The minimum absolute atomic E-state index is 0.0328. The molecule has 0 saturated carbocycles. The first kappa shape index (κ1) is 15.5. The fourth-order valence-corrected chi connectivity index (χ4v) is 2.52. The maximum absolute atomic E-state index is 12.6. The molecule has 1 unspecified atom stereocenters. The molecule has 2 heterocycles. The van der Waals surface area contributed by atoms with Crippen LogP contribution in [0.1, 0.15) is 28.8 Å². The van der Waals surface area contributed by atoms with Crippen LogP contribution in [0.3, 0.4) is 0 Å². The van der Waals surface area contributed by atoms with Gasteiger partial charge in [0.15, 0.2) is 0 Å². The fourth-order valence-electron chi connectivity index (χ4n) is 2.52. The summed E-state index contributed by atoms with van der Waals surface area (Å²) in [5.74, 6) is 5.72. The van der Waals surface area contributed by atoms with Crippen molar-refractivity contribution in [2.24, 2.45) is 5.73 Å². The highest BCUT2D eigenvalue weighted by Gasteiger charge is 2.25. The topological polar surface area (TPSA) is 62.5 Å². The third kappa shape index (κ3) is 4.03. The molecule has 0 aromatic carbocycles. The standard InChI is InChI=1S/C16H22N4O/c1-19(2)15-6-4-8-20(12-15)16(21)14-9-13(5-3-7-17)10-18-11-14/h9-11,15H,4,6-8,12,17H2,1-2H3. The highest BCUT2D eigenvalue weighted by molar-refractivity contribution is 5.94. The molecule has 5 nitrogen and oxygen atoms in total. The minimum atomic E-state index is 0.0328. The number of likely N-dealkylation sites (N-methyl/N-ethyl adjacent to an activating group) is 1. The number of hydrogen-bond donors (Lipinski definition) is 1. The third-order valence-corrected chi connectivity index (χ3v) is 3.73. The smallest absolute Gasteiger partial charge is 0.255 e. The van der Waals surface area contributed by atoms with E-state index in [0.717, 1.165) is 31.5 Å². The second kappa shape index (κ2) is 7.21. The van der Waals surface area contributed by atoms with Gasteiger partial charge in [-0.2, -0.15) is 0 Å². The van der Waals surface area contributed by atoms with Crippen molar-refractivity contribution in [1.29, 1.82) is 0 Å². The molecule has 0 bridgehead atoms. The Hall–Kier alpha value is -1.90. The van der Waals surface area contributed by atoms with Crippen LogP contribution in [0.25, 0.3) is 0 Å². The number of nitrogens with zero attached hydrogens (tertiary/aromatic N) is 3. The zero-order valence-electron chi connectivity index (χ0n) is 12.7. The first-order valence-electron chi connectivity index (χ1n) is 7.21. The number of nitrogens with two attached hydrogens (primary N) is 1. The Morgan fingerprint density at radius 2 is 2.33 bits per heavy atom. The minimum Gasteiger partial charge on any atom is -0.337 e. The molecule has 2 N–H and O–H groups in total. The van der Waals surface area contributed by atoms with Gasteiger partial charge in [0.05, 0.1) is 12.1 Å². The van der Waals surface area contributed by atoms with E-state index in [0.29, 0.717) is 18.2 Å². The fraction of sp³-hybridized carbons (Fsp3) is 0.500. The van der Waals surface area contributed by atoms with Crippen molar-refractivity contribution in [1.82, 2.24) is 14.8 Å². The van der Waals surface area contributed by atoms with Gasteiger partial charge < -0.3 is 15.5 Å². The number of carbonyl (C=O) groups excluding carboxylic acids is 1. The van der Waals surface area contributed by atoms with E-state index in [1.165, 1.54) is 0 Å². The molecule has 0 spiro atoms. The molecule has 1 fully saturated rings. The first-order chi connectivity index (χ1) is 10.1. The molecule has 1 amide bonds. The molecular formula is C16H22N4O. The highest BCUT2D eigenvalue weighted by atomic mass is 16.2. The Kier molecular flexibility index (Phi) is 5.32. The summed E-state index contributed by atoms with van der Waals surface area (Å²) in [6, 6.07) is 2.22. The van der Waals surface area contributed by atoms with Crippen molar-refractivity contribution in [2.45, 2.75) is 18.9 Å². The second-order valence-corrected chi connectivity index (χ2v) is 5.48. The van der Waals surface area contributed by atoms with Crippen molar-refractivity contribution >= 4 is 5.91 Å². The first-order valence-corrected chi connectivity index (χ1v) is 7.21. The lowest BCUT2D eigenvalue weighted by molar-refractivity contribution is 0.0634. The Morgan fingerprint density at radius 3 is 3.05 bits per heavy atom. The Labute approximate surface area is 126 Å². The van der Waals surface area contributed by atoms with Crippen molar-refractivity contribution in [3.05, 3.63) is 29.6 Å². The van der Waals surface area contributed by atoms with Gasteiger partial charge in [-0.3, -0.25) is 9.78 Å². The zero-order valence-corrected chi connectivity index (χ0v) is 12.7. The van der Waals surface area contributed by atoms with Crippen molar-refractivity contribution in [3.63, 3.8) is 0 Å². The quantitative estimate of drug-likeness (QED) is 0.807. The summed E-state index contributed by atoms with van der Waals surface area (Å²) < 4.78 is 0. The molecule has 1 aromatic rings. The van der Waals surface area contributed by atoms with Crippen LogP contribution in [0.15, 0.2) is 18.5 Å². The van der Waals surface area contributed by atoms with Crippen LogP contribution >= 0.6 is 0 Å². The molecule has 1 saturated heterocycles. The number of likely N-dealkylation sites (tertiary alicyclic amines) is 1. The average molecular weight is 286 g/mol. The van der Waals surface area contributed by atoms with Crippen LogP contribution in [-0.4, -0.2) is 60.5 Å². The number of pyridine rings is 1. The van der Waals surface area contributed by atoms with Crippen LogP contribution in [0.2, 0.25) is 0 Å². The van der Waals surface area contributed by atoms with E-state index in [2.05, 4.69) is 35.8 Å². The second-order valence-electron chi connectivity index (χ2n) is 5.48. The van der Waals surface area contributed by atoms with E-state index in [1.54, 1.807) is 18.5 Å². The van der Waals surface area contributed by atoms with Gasteiger partial charge in [0, 0.05) is 37.1 Å². The Balaban J connectivity index is 2.12. The molecular weight excluding hydrogens is 264 g/mol. The van der Waals surface area contributed by atoms with E-state index in [-0.39, 0.29) is 5.91 Å². The van der Waals surface area contributed by atoms with E-state index in [1.807, 2.05) is 4.90 Å². The van der Waals surface area contributed by atoms with Gasteiger partial charge in [-0.1, -0.05) is 11.8 Å². The van der Waals surface area contributed by atoms with E-state index in [9.17, 15) is 4.79 Å². The number of amides is 1. The van der Waals surface area contributed by atoms with Gasteiger partial charge in [0.2, 0.25) is 0 Å². The van der Waals surface area contributed by atoms with Crippen molar-refractivity contribution in [2.75, 3.05) is 33.7 Å². The summed E-state index contributed by atoms with van der Waals surface area (Å²) in [5.41, 5.74) is 6.69. The van der Waals surface area contributed by atoms with Crippen LogP contribution in [0, 0.1) is 11.8 Å². The monoisotopic (exact) mass is 286 g/mol. The van der Waals surface area contributed by atoms with Gasteiger partial charge in [-0.15, -0.1) is 0 Å². The normalized spacial score (nSPS) is 18.3. The Morgan fingerprint density at radius 1 is 1.52 bits per heavy atom. The largest absolute Gasteiger partial charge is 0.337 e. The molecule has 5 heteroatoms. The van der Waals surface area contributed by atoms with E-state index in [4.69, 9.17) is 5.73 Å². The molecule has 1 aliphatic heterocycles. The van der Waals surface area contributed by atoms with Gasteiger partial charge in [0.1, 0.15) is 0 Å². The molecule has 1 atom stereocenters. The van der Waals surface area contributed by atoms with E-state index >= 15 is 0 Å². The number of piperidine rings is 1. The summed E-state index contributed by atoms with van der Waals surface area (Å²) >= 11 is 0. The lowest BCUT2D eigenvalue weighted by atomic mass is 10.0. The van der Waals surface area contributed by atoms with E-state index < -0.39 is 0 Å². The van der Waals surface area contributed by atoms with Crippen LogP contribution in [0.5, 0.6) is 0 Å². The average Bonchev–Trinajstić information content (AvgIpc) is 2.52. The van der Waals surface area contributed by atoms with Crippen molar-refractivity contribution in [3.8, 4) is 11.8 Å². The Bertz CT molecular complexity index is 559. The summed E-state index contributed by atoms with van der Waals surface area (Å²) in [5, 5.41) is 0. The molecule has 1 aromatic heterocycles. The lowest BCUT2D eigenvalue weighted by Gasteiger charge is -2.36. The third-order valence-electron chi connectivity index (χ3n) is 3.73. The maximum Gasteiger partial charge on any atom is 0.255 e. The zero-order chi connectivity index (χ0) is 15.2. The predicted molar refractivity (Wildman–Crippen MR) is 82.8 cm³/mol. The molecule has 112 valence electrons. The number of rotatable bonds is 2. The molecule has 2 rings (SSSR count). The maximum atomic E-state index is 12.6. The van der Waals surface area contributed by atoms with Crippen LogP contribution < -0.4 is 5.73 Å². The SMILES string of the molecule is CN(C)C1CCCN(C(=O)c2cncc(C#CCN)c2)C1. The van der Waals surface area contributed by atoms with Gasteiger partial charge in [-0.25, -0.2) is 0 Å². The van der Waals surface area contributed by atoms with Crippen LogP contribution in [0.4, 0.5) is 0 Å². The number of aromatic nitrogens is 1. The summed E-state index contributed by atoms with van der Waals surface area (Å²) in [7, 11) is 4.12. The summed E-state index contributed by atoms with van der Waals surface area (Å²) in [6.45, 7) is 1.88. The van der Waals surface area contributed by atoms with Gasteiger partial charge >= 0.3 is 0 Å². The number of hydrogen-bond acceptors (Lipinski definition) is 4. The van der Waals surface area contributed by atoms with Crippen LogP contribution in [-0.2, 0) is 0 Å². The van der Waals surface area contributed by atoms with Crippen molar-refractivity contribution < 1.29 is 4.79 Å². The highest BCUT2D eigenvalue weighted by Crippen LogP contribution is 2.16. The summed E-state index contributed by atoms with van der Waals surface area (Å²) in [6.07, 6.45) is 5.43. The molecule has 21 heavy (non-hydrogen) atoms. The summed E-state index contributed by atoms with van der Waals surface area (Å²) in [4.78, 5) is 20.8. The molecule has 0 aliphatic carbocycles. The number of carbonyl (C=O) groups is 1. The predicted octanol–water partition coefficient (Wildman–Crippen LogP) is 0.558. The van der Waals surface area contributed by atoms with Gasteiger partial charge in [0.25, 0.3) is 5.91 Å².